The third kappa shape index (κ3) is 3.35. The van der Waals surface area contributed by atoms with Gasteiger partial charge in [-0.15, -0.1) is 0 Å². The monoisotopic (exact) mass is 323 g/mol. The normalized spacial score (nSPS) is 10.4. The third-order valence-electron chi connectivity index (χ3n) is 2.60. The van der Waals surface area contributed by atoms with Gasteiger partial charge in [0.1, 0.15) is 5.69 Å². The molecule has 2 N–H and O–H groups in total. The van der Waals surface area contributed by atoms with Crippen molar-refractivity contribution in [3.63, 3.8) is 0 Å². The predicted octanol–water partition coefficient (Wildman–Crippen LogP) is 2.60. The Hall–Kier alpha value is -1.82. The molecule has 0 unspecified atom stereocenters. The van der Waals surface area contributed by atoms with Crippen LogP contribution in [0.25, 0.3) is 0 Å². The summed E-state index contributed by atoms with van der Waals surface area (Å²) in [6.07, 6.45) is 4.20. The van der Waals surface area contributed by atoms with Crippen molar-refractivity contribution >= 4 is 27.5 Å². The number of nitrogens with one attached hydrogen (secondary N) is 2. The molecular formula is C13H14BrN3O2. The Morgan fingerprint density at radius 1 is 1.47 bits per heavy atom. The topological polar surface area (TPSA) is 66.9 Å². The van der Waals surface area contributed by atoms with Gasteiger partial charge in [0, 0.05) is 29.5 Å². The van der Waals surface area contributed by atoms with Crippen LogP contribution < -0.4 is 10.9 Å². The number of nitrogens with zero attached hydrogens (tertiary/aromatic N) is 1. The largest absolute Gasteiger partial charge is 0.356 e. The average Bonchev–Trinajstić information content (AvgIpc) is 2.80. The van der Waals surface area contributed by atoms with Gasteiger partial charge in [0.05, 0.1) is 5.69 Å². The van der Waals surface area contributed by atoms with E-state index in [2.05, 4.69) is 26.2 Å². The molecule has 2 aromatic rings. The number of rotatable bonds is 4. The first-order valence-corrected chi connectivity index (χ1v) is 6.75. The van der Waals surface area contributed by atoms with Crippen LogP contribution in [0.4, 0.5) is 5.69 Å². The maximum absolute atomic E-state index is 11.9. The number of hydrogen-bond donors (Lipinski definition) is 2. The maximum atomic E-state index is 11.9. The molecule has 2 heterocycles. The smallest absolute Gasteiger partial charge is 0.272 e. The molecule has 0 bridgehead atoms. The SMILES string of the molecule is CCCn1cc(NC(=O)c2cc(Br)c[nH]2)ccc1=O. The molecule has 0 atom stereocenters. The Labute approximate surface area is 118 Å². The molecule has 100 valence electrons. The molecule has 0 spiro atoms. The van der Waals surface area contributed by atoms with Gasteiger partial charge in [-0.2, -0.15) is 0 Å². The van der Waals surface area contributed by atoms with Crippen LogP contribution in [0.1, 0.15) is 23.8 Å². The van der Waals surface area contributed by atoms with Crippen molar-refractivity contribution in [2.24, 2.45) is 0 Å². The molecule has 0 aromatic carbocycles. The van der Waals surface area contributed by atoms with Crippen LogP contribution in [0.5, 0.6) is 0 Å². The molecule has 1 amide bonds. The number of H-pyrrole nitrogens is 1. The number of anilines is 1. The van der Waals surface area contributed by atoms with E-state index in [0.717, 1.165) is 10.9 Å². The van der Waals surface area contributed by atoms with Gasteiger partial charge in [0.2, 0.25) is 0 Å². The first-order chi connectivity index (χ1) is 9.10. The molecule has 6 heteroatoms. The lowest BCUT2D eigenvalue weighted by molar-refractivity contribution is 0.102. The molecular weight excluding hydrogens is 310 g/mol. The lowest BCUT2D eigenvalue weighted by Crippen LogP contribution is -2.20. The summed E-state index contributed by atoms with van der Waals surface area (Å²) >= 11 is 3.27. The summed E-state index contributed by atoms with van der Waals surface area (Å²) in [6.45, 7) is 2.63. The van der Waals surface area contributed by atoms with Crippen LogP contribution in [0.2, 0.25) is 0 Å². The fourth-order valence-electron chi connectivity index (χ4n) is 1.72. The van der Waals surface area contributed by atoms with E-state index in [1.165, 1.54) is 6.07 Å². The van der Waals surface area contributed by atoms with Gasteiger partial charge >= 0.3 is 0 Å². The summed E-state index contributed by atoms with van der Waals surface area (Å²) in [4.78, 5) is 26.3. The van der Waals surface area contributed by atoms with Crippen LogP contribution in [-0.4, -0.2) is 15.5 Å². The highest BCUT2D eigenvalue weighted by molar-refractivity contribution is 9.10. The second-order valence-corrected chi connectivity index (χ2v) is 5.05. The summed E-state index contributed by atoms with van der Waals surface area (Å²) in [5.41, 5.74) is 0.992. The summed E-state index contributed by atoms with van der Waals surface area (Å²) in [5, 5.41) is 2.75. The molecule has 2 rings (SSSR count). The van der Waals surface area contributed by atoms with Gasteiger partial charge in [0.15, 0.2) is 0 Å². The Balaban J connectivity index is 2.17. The molecule has 0 saturated carbocycles. The number of aryl methyl sites for hydroxylation is 1. The zero-order valence-corrected chi connectivity index (χ0v) is 12.0. The fraction of sp³-hybridized carbons (Fsp3) is 0.231. The van der Waals surface area contributed by atoms with Crippen molar-refractivity contribution in [2.45, 2.75) is 19.9 Å². The minimum atomic E-state index is -0.243. The highest BCUT2D eigenvalue weighted by atomic mass is 79.9. The number of hydrogen-bond acceptors (Lipinski definition) is 2. The van der Waals surface area contributed by atoms with E-state index in [4.69, 9.17) is 0 Å². The molecule has 0 aliphatic carbocycles. The first kappa shape index (κ1) is 13.6. The third-order valence-corrected chi connectivity index (χ3v) is 3.06. The van der Waals surface area contributed by atoms with Gasteiger partial charge in [-0.25, -0.2) is 0 Å². The molecule has 5 nitrogen and oxygen atoms in total. The van der Waals surface area contributed by atoms with Gasteiger partial charge in [-0.3, -0.25) is 9.59 Å². The van der Waals surface area contributed by atoms with E-state index < -0.39 is 0 Å². The number of aromatic amines is 1. The molecule has 0 saturated heterocycles. The Bertz CT molecular complexity index is 645. The average molecular weight is 324 g/mol. The van der Waals surface area contributed by atoms with Crippen molar-refractivity contribution in [3.8, 4) is 0 Å². The van der Waals surface area contributed by atoms with E-state index in [9.17, 15) is 9.59 Å². The lowest BCUT2D eigenvalue weighted by Gasteiger charge is -2.07. The quantitative estimate of drug-likeness (QED) is 0.908. The first-order valence-electron chi connectivity index (χ1n) is 5.96. The second-order valence-electron chi connectivity index (χ2n) is 4.14. The second kappa shape index (κ2) is 5.88. The molecule has 0 radical (unpaired) electrons. The van der Waals surface area contributed by atoms with E-state index in [0.29, 0.717) is 17.9 Å². The number of aromatic nitrogens is 2. The van der Waals surface area contributed by atoms with Crippen molar-refractivity contribution < 1.29 is 4.79 Å². The highest BCUT2D eigenvalue weighted by Crippen LogP contribution is 2.12. The molecule has 2 aromatic heterocycles. The Morgan fingerprint density at radius 2 is 2.26 bits per heavy atom. The van der Waals surface area contributed by atoms with Crippen LogP contribution in [-0.2, 0) is 6.54 Å². The van der Waals surface area contributed by atoms with Crippen molar-refractivity contribution in [1.82, 2.24) is 9.55 Å². The molecule has 0 fully saturated rings. The summed E-state index contributed by atoms with van der Waals surface area (Å²) in [5.74, 6) is -0.243. The summed E-state index contributed by atoms with van der Waals surface area (Å²) in [7, 11) is 0. The minimum Gasteiger partial charge on any atom is -0.356 e. The van der Waals surface area contributed by atoms with Crippen molar-refractivity contribution in [3.05, 3.63) is 51.1 Å². The lowest BCUT2D eigenvalue weighted by atomic mass is 10.3. The van der Waals surface area contributed by atoms with Crippen LogP contribution in [0.3, 0.4) is 0 Å². The van der Waals surface area contributed by atoms with Gasteiger partial charge in [0.25, 0.3) is 11.5 Å². The zero-order chi connectivity index (χ0) is 13.8. The summed E-state index contributed by atoms with van der Waals surface area (Å²) in [6, 6.07) is 4.75. The fourth-order valence-corrected chi connectivity index (χ4v) is 2.06. The maximum Gasteiger partial charge on any atom is 0.272 e. The summed E-state index contributed by atoms with van der Waals surface area (Å²) < 4.78 is 2.40. The zero-order valence-electron chi connectivity index (χ0n) is 10.4. The van der Waals surface area contributed by atoms with E-state index in [-0.39, 0.29) is 11.5 Å². The number of carbonyl (C=O) groups is 1. The molecule has 19 heavy (non-hydrogen) atoms. The van der Waals surface area contributed by atoms with Crippen LogP contribution in [0, 0.1) is 0 Å². The van der Waals surface area contributed by atoms with Gasteiger partial charge < -0.3 is 14.9 Å². The predicted molar refractivity (Wildman–Crippen MR) is 77.4 cm³/mol. The van der Waals surface area contributed by atoms with Gasteiger partial charge in [-0.1, -0.05) is 6.92 Å². The van der Waals surface area contributed by atoms with Crippen LogP contribution >= 0.6 is 15.9 Å². The minimum absolute atomic E-state index is 0.0672. The number of halogens is 1. The van der Waals surface area contributed by atoms with E-state index in [1.54, 1.807) is 29.1 Å². The number of carbonyl (C=O) groups excluding carboxylic acids is 1. The Morgan fingerprint density at radius 3 is 2.89 bits per heavy atom. The standard InChI is InChI=1S/C13H14BrN3O2/c1-2-5-17-8-10(3-4-12(17)18)16-13(19)11-6-9(14)7-15-11/h3-4,6-8,15H,2,5H2,1H3,(H,16,19). The van der Waals surface area contributed by atoms with Crippen molar-refractivity contribution in [1.29, 1.82) is 0 Å². The molecule has 0 aliphatic rings. The number of amides is 1. The van der Waals surface area contributed by atoms with Crippen molar-refractivity contribution in [2.75, 3.05) is 5.32 Å². The van der Waals surface area contributed by atoms with E-state index in [1.807, 2.05) is 6.92 Å². The molecule has 0 aliphatic heterocycles. The number of pyridine rings is 1. The highest BCUT2D eigenvalue weighted by Gasteiger charge is 2.08. The van der Waals surface area contributed by atoms with Gasteiger partial charge in [-0.05, 0) is 34.5 Å². The van der Waals surface area contributed by atoms with E-state index >= 15 is 0 Å². The Kier molecular flexibility index (Phi) is 4.21. The van der Waals surface area contributed by atoms with Crippen LogP contribution in [0.15, 0.2) is 39.9 Å².